The first kappa shape index (κ1) is 20.5. The van der Waals surface area contributed by atoms with E-state index in [0.717, 1.165) is 29.6 Å². The maximum atomic E-state index is 12.7. The van der Waals surface area contributed by atoms with Crippen molar-refractivity contribution in [2.24, 2.45) is 0 Å². The first-order valence-electron chi connectivity index (χ1n) is 10.4. The van der Waals surface area contributed by atoms with Gasteiger partial charge in [0.2, 0.25) is 5.91 Å². The second-order valence-corrected chi connectivity index (χ2v) is 8.81. The Morgan fingerprint density at radius 2 is 1.87 bits per heavy atom. The van der Waals surface area contributed by atoms with Gasteiger partial charge in [0, 0.05) is 43.1 Å². The summed E-state index contributed by atoms with van der Waals surface area (Å²) in [6.07, 6.45) is 9.29. The van der Waals surface area contributed by atoms with Crippen LogP contribution >= 0.6 is 11.8 Å². The van der Waals surface area contributed by atoms with Gasteiger partial charge in [-0.2, -0.15) is 0 Å². The van der Waals surface area contributed by atoms with Gasteiger partial charge in [-0.1, -0.05) is 17.8 Å². The number of anilines is 2. The molecular weight excluding hydrogens is 394 g/mol. The van der Waals surface area contributed by atoms with Gasteiger partial charge in [0.05, 0.1) is 17.5 Å². The molecule has 4 rings (SSSR count). The zero-order chi connectivity index (χ0) is 20.8. The number of nitrogens with one attached hydrogen (secondary N) is 1. The zero-order valence-corrected chi connectivity index (χ0v) is 18.0. The number of amides is 1. The third-order valence-electron chi connectivity index (χ3n) is 5.24. The maximum absolute atomic E-state index is 12.7. The monoisotopic (exact) mass is 421 g/mol. The van der Waals surface area contributed by atoms with Gasteiger partial charge in [0.1, 0.15) is 0 Å². The third-order valence-corrected chi connectivity index (χ3v) is 6.36. The summed E-state index contributed by atoms with van der Waals surface area (Å²) in [5.74, 6) is -0.0295. The number of hydrogen-bond acceptors (Lipinski definition) is 5. The van der Waals surface area contributed by atoms with Gasteiger partial charge in [-0.25, -0.2) is 4.98 Å². The van der Waals surface area contributed by atoms with Gasteiger partial charge in [-0.05, 0) is 62.6 Å². The molecule has 1 aliphatic rings. The van der Waals surface area contributed by atoms with Gasteiger partial charge >= 0.3 is 0 Å². The molecule has 1 fully saturated rings. The number of nitrogens with zero attached hydrogens (tertiary/aromatic N) is 4. The molecule has 156 valence electrons. The maximum Gasteiger partial charge on any atom is 0.237 e. The summed E-state index contributed by atoms with van der Waals surface area (Å²) >= 11 is 1.45. The SMILES string of the molecule is CC(Sc1nccn1Cc1ccccn1)C(=O)Nc1ccc(N2CCCCC2)cc1. The van der Waals surface area contributed by atoms with E-state index in [1.54, 1.807) is 12.4 Å². The Balaban J connectivity index is 1.34. The van der Waals surface area contributed by atoms with Crippen molar-refractivity contribution in [2.45, 2.75) is 43.1 Å². The summed E-state index contributed by atoms with van der Waals surface area (Å²) in [4.78, 5) is 23.9. The Hall–Kier alpha value is -2.80. The Morgan fingerprint density at radius 1 is 1.07 bits per heavy atom. The fraction of sp³-hybridized carbons (Fsp3) is 0.348. The van der Waals surface area contributed by atoms with Crippen LogP contribution < -0.4 is 10.2 Å². The average Bonchev–Trinajstić information content (AvgIpc) is 3.22. The summed E-state index contributed by atoms with van der Waals surface area (Å²) in [5, 5.41) is 3.57. The highest BCUT2D eigenvalue weighted by atomic mass is 32.2. The van der Waals surface area contributed by atoms with Crippen LogP contribution in [0, 0.1) is 0 Å². The first-order valence-corrected chi connectivity index (χ1v) is 11.3. The largest absolute Gasteiger partial charge is 0.372 e. The van der Waals surface area contributed by atoms with Crippen molar-refractivity contribution in [3.63, 3.8) is 0 Å². The molecule has 1 atom stereocenters. The lowest BCUT2D eigenvalue weighted by Gasteiger charge is -2.28. The molecule has 0 spiro atoms. The Bertz CT molecular complexity index is 951. The fourth-order valence-corrected chi connectivity index (χ4v) is 4.43. The molecular formula is C23H27N5OS. The van der Waals surface area contributed by atoms with E-state index >= 15 is 0 Å². The molecule has 0 bridgehead atoms. The van der Waals surface area contributed by atoms with Gasteiger partial charge < -0.3 is 14.8 Å². The number of thioether (sulfide) groups is 1. The number of pyridine rings is 1. The predicted octanol–water partition coefficient (Wildman–Crippen LogP) is 4.44. The van der Waals surface area contributed by atoms with Crippen molar-refractivity contribution < 1.29 is 4.79 Å². The van der Waals surface area contributed by atoms with Crippen molar-refractivity contribution >= 4 is 29.0 Å². The van der Waals surface area contributed by atoms with E-state index in [1.165, 1.54) is 36.7 Å². The molecule has 0 aliphatic carbocycles. The lowest BCUT2D eigenvalue weighted by atomic mass is 10.1. The molecule has 1 aromatic carbocycles. The van der Waals surface area contributed by atoms with Crippen LogP contribution in [0.1, 0.15) is 31.9 Å². The summed E-state index contributed by atoms with van der Waals surface area (Å²) in [6.45, 7) is 4.77. The number of imidazole rings is 1. The van der Waals surface area contributed by atoms with Crippen molar-refractivity contribution in [2.75, 3.05) is 23.3 Å². The molecule has 1 N–H and O–H groups in total. The molecule has 7 heteroatoms. The minimum atomic E-state index is -0.267. The van der Waals surface area contributed by atoms with E-state index in [0.29, 0.717) is 6.54 Å². The van der Waals surface area contributed by atoms with Crippen LogP contribution in [0.15, 0.2) is 66.2 Å². The van der Waals surface area contributed by atoms with E-state index in [9.17, 15) is 4.79 Å². The Kier molecular flexibility index (Phi) is 6.69. The number of carbonyl (C=O) groups excluding carboxylic acids is 1. The van der Waals surface area contributed by atoms with E-state index in [2.05, 4.69) is 32.3 Å². The highest BCUT2D eigenvalue weighted by molar-refractivity contribution is 8.00. The molecule has 0 saturated carbocycles. The first-order chi connectivity index (χ1) is 14.7. The quantitative estimate of drug-likeness (QED) is 0.572. The minimum absolute atomic E-state index is 0.0295. The van der Waals surface area contributed by atoms with Crippen LogP contribution in [-0.4, -0.2) is 38.8 Å². The van der Waals surface area contributed by atoms with Crippen LogP contribution in [0.2, 0.25) is 0 Å². The number of piperidine rings is 1. The number of benzene rings is 1. The van der Waals surface area contributed by atoms with Gasteiger partial charge in [0.25, 0.3) is 0 Å². The lowest BCUT2D eigenvalue weighted by Crippen LogP contribution is -2.29. The van der Waals surface area contributed by atoms with Crippen LogP contribution in [0.3, 0.4) is 0 Å². The number of rotatable bonds is 7. The van der Waals surface area contributed by atoms with Crippen molar-refractivity contribution in [3.8, 4) is 0 Å². The number of carbonyl (C=O) groups is 1. The third kappa shape index (κ3) is 5.21. The smallest absolute Gasteiger partial charge is 0.237 e. The van der Waals surface area contributed by atoms with E-state index in [1.807, 2.05) is 48.0 Å². The van der Waals surface area contributed by atoms with Gasteiger partial charge in [-0.15, -0.1) is 0 Å². The minimum Gasteiger partial charge on any atom is -0.372 e. The van der Waals surface area contributed by atoms with Gasteiger partial charge in [-0.3, -0.25) is 9.78 Å². The van der Waals surface area contributed by atoms with Crippen LogP contribution in [-0.2, 0) is 11.3 Å². The highest BCUT2D eigenvalue weighted by Gasteiger charge is 2.18. The fourth-order valence-electron chi connectivity index (χ4n) is 3.56. The lowest BCUT2D eigenvalue weighted by molar-refractivity contribution is -0.115. The van der Waals surface area contributed by atoms with Gasteiger partial charge in [0.15, 0.2) is 5.16 Å². The summed E-state index contributed by atoms with van der Waals surface area (Å²) in [5.41, 5.74) is 3.01. The number of aromatic nitrogens is 3. The highest BCUT2D eigenvalue weighted by Crippen LogP contribution is 2.25. The topological polar surface area (TPSA) is 63.1 Å². The van der Waals surface area contributed by atoms with Crippen LogP contribution in [0.5, 0.6) is 0 Å². The molecule has 2 aromatic heterocycles. The zero-order valence-electron chi connectivity index (χ0n) is 17.2. The molecule has 1 saturated heterocycles. The summed E-state index contributed by atoms with van der Waals surface area (Å²) < 4.78 is 2.02. The normalized spacial score (nSPS) is 15.0. The van der Waals surface area contributed by atoms with E-state index in [4.69, 9.17) is 0 Å². The van der Waals surface area contributed by atoms with Crippen molar-refractivity contribution in [1.82, 2.24) is 14.5 Å². The van der Waals surface area contributed by atoms with E-state index in [-0.39, 0.29) is 11.2 Å². The molecule has 30 heavy (non-hydrogen) atoms. The summed E-state index contributed by atoms with van der Waals surface area (Å²) in [7, 11) is 0. The van der Waals surface area contributed by atoms with E-state index < -0.39 is 0 Å². The predicted molar refractivity (Wildman–Crippen MR) is 122 cm³/mol. The second-order valence-electron chi connectivity index (χ2n) is 7.50. The molecule has 1 amide bonds. The molecule has 3 heterocycles. The van der Waals surface area contributed by atoms with Crippen molar-refractivity contribution in [3.05, 3.63) is 66.7 Å². The molecule has 0 radical (unpaired) electrons. The number of hydrogen-bond donors (Lipinski definition) is 1. The van der Waals surface area contributed by atoms with Crippen LogP contribution in [0.25, 0.3) is 0 Å². The molecule has 1 aliphatic heterocycles. The summed E-state index contributed by atoms with van der Waals surface area (Å²) in [6, 6.07) is 14.0. The molecule has 3 aromatic rings. The average molecular weight is 422 g/mol. The molecule has 6 nitrogen and oxygen atoms in total. The Labute approximate surface area is 181 Å². The molecule has 1 unspecified atom stereocenters. The van der Waals surface area contributed by atoms with Crippen molar-refractivity contribution in [1.29, 1.82) is 0 Å². The second kappa shape index (κ2) is 9.80. The van der Waals surface area contributed by atoms with Crippen LogP contribution in [0.4, 0.5) is 11.4 Å². The Morgan fingerprint density at radius 3 is 2.60 bits per heavy atom. The standard InChI is InChI=1S/C23H27N5OS/c1-18(30-23-25-13-16-28(23)17-20-7-3-4-12-24-20)22(29)26-19-8-10-21(11-9-19)27-14-5-2-6-15-27/h3-4,7-13,16,18H,2,5-6,14-15,17H2,1H3,(H,26,29).